The predicted octanol–water partition coefficient (Wildman–Crippen LogP) is 2.29. The Morgan fingerprint density at radius 3 is 2.38 bits per heavy atom. The number of aliphatic hydroxyl groups excluding tert-OH is 1. The van der Waals surface area contributed by atoms with Gasteiger partial charge in [0.2, 0.25) is 0 Å². The molecular formula is C18H30N2O. The van der Waals surface area contributed by atoms with E-state index in [0.29, 0.717) is 6.54 Å². The maximum Gasteiger partial charge on any atom is 0.0820 e. The number of nitrogens with two attached hydrogens (primary N) is 1. The van der Waals surface area contributed by atoms with Gasteiger partial charge in [-0.2, -0.15) is 0 Å². The molecule has 0 saturated carbocycles. The van der Waals surface area contributed by atoms with Crippen molar-refractivity contribution in [1.29, 1.82) is 0 Å². The van der Waals surface area contributed by atoms with Crippen molar-refractivity contribution in [1.82, 2.24) is 4.90 Å². The third-order valence-electron chi connectivity index (χ3n) is 4.83. The molecular weight excluding hydrogens is 260 g/mol. The summed E-state index contributed by atoms with van der Waals surface area (Å²) in [5.74, 6) is 1.62. The van der Waals surface area contributed by atoms with Crippen molar-refractivity contribution >= 4 is 0 Å². The van der Waals surface area contributed by atoms with Crippen LogP contribution in [-0.4, -0.2) is 41.8 Å². The molecule has 2 unspecified atom stereocenters. The van der Waals surface area contributed by atoms with Crippen molar-refractivity contribution in [2.24, 2.45) is 17.6 Å². The van der Waals surface area contributed by atoms with Crippen LogP contribution in [0.3, 0.4) is 0 Å². The first kappa shape index (κ1) is 16.5. The van der Waals surface area contributed by atoms with Crippen LogP contribution in [0.5, 0.6) is 0 Å². The van der Waals surface area contributed by atoms with Crippen molar-refractivity contribution in [3.63, 3.8) is 0 Å². The summed E-state index contributed by atoms with van der Waals surface area (Å²) < 4.78 is 0. The van der Waals surface area contributed by atoms with Gasteiger partial charge in [0.25, 0.3) is 0 Å². The molecule has 1 aliphatic rings. The smallest absolute Gasteiger partial charge is 0.0820 e. The fourth-order valence-electron chi connectivity index (χ4n) is 3.22. The molecule has 0 radical (unpaired) electrons. The maximum absolute atomic E-state index is 10.3. The topological polar surface area (TPSA) is 49.5 Å². The molecule has 2 rings (SSSR count). The van der Waals surface area contributed by atoms with Crippen LogP contribution in [0.15, 0.2) is 30.3 Å². The van der Waals surface area contributed by atoms with Gasteiger partial charge in [0, 0.05) is 12.6 Å². The Kier molecular flexibility index (Phi) is 6.22. The molecule has 21 heavy (non-hydrogen) atoms. The molecule has 0 aromatic heterocycles. The van der Waals surface area contributed by atoms with E-state index in [0.717, 1.165) is 31.3 Å². The first-order valence-electron chi connectivity index (χ1n) is 8.26. The Morgan fingerprint density at radius 1 is 1.19 bits per heavy atom. The number of β-amino-alcohol motifs (C(OH)–C–C–N with tert-alkyl or cyclic N) is 1. The normalized spacial score (nSPS) is 20.6. The maximum atomic E-state index is 10.3. The molecule has 0 amide bonds. The highest BCUT2D eigenvalue weighted by atomic mass is 16.3. The van der Waals surface area contributed by atoms with Gasteiger partial charge in [-0.3, -0.25) is 0 Å². The van der Waals surface area contributed by atoms with E-state index in [9.17, 15) is 5.11 Å². The summed E-state index contributed by atoms with van der Waals surface area (Å²) in [5.41, 5.74) is 7.36. The Labute approximate surface area is 129 Å². The zero-order valence-corrected chi connectivity index (χ0v) is 13.4. The SMILES string of the molecule is CC(C)C1CCN(CC(O)C(N)Cc2ccccc2)CC1. The molecule has 3 N–H and O–H groups in total. The van der Waals surface area contributed by atoms with Crippen LogP contribution in [0.25, 0.3) is 0 Å². The molecule has 0 bridgehead atoms. The zero-order chi connectivity index (χ0) is 15.2. The predicted molar refractivity (Wildman–Crippen MR) is 88.1 cm³/mol. The van der Waals surface area contributed by atoms with Crippen LogP contribution in [0.2, 0.25) is 0 Å². The van der Waals surface area contributed by atoms with Crippen molar-refractivity contribution in [3.8, 4) is 0 Å². The van der Waals surface area contributed by atoms with Crippen LogP contribution in [-0.2, 0) is 6.42 Å². The Balaban J connectivity index is 1.75. The highest BCUT2D eigenvalue weighted by Crippen LogP contribution is 2.24. The quantitative estimate of drug-likeness (QED) is 0.845. The lowest BCUT2D eigenvalue weighted by Crippen LogP contribution is -2.47. The van der Waals surface area contributed by atoms with Gasteiger partial charge >= 0.3 is 0 Å². The fraction of sp³-hybridized carbons (Fsp3) is 0.667. The van der Waals surface area contributed by atoms with Gasteiger partial charge in [-0.25, -0.2) is 0 Å². The standard InChI is InChI=1S/C18H30N2O/c1-14(2)16-8-10-20(11-9-16)13-18(21)17(19)12-15-6-4-3-5-7-15/h3-7,14,16-18,21H,8-13,19H2,1-2H3. The summed E-state index contributed by atoms with van der Waals surface area (Å²) in [6.07, 6.45) is 2.79. The van der Waals surface area contributed by atoms with Crippen LogP contribution in [0.4, 0.5) is 0 Å². The van der Waals surface area contributed by atoms with Gasteiger partial charge < -0.3 is 15.7 Å². The largest absolute Gasteiger partial charge is 0.390 e. The van der Waals surface area contributed by atoms with Gasteiger partial charge in [0.1, 0.15) is 0 Å². The van der Waals surface area contributed by atoms with Gasteiger partial charge in [0.05, 0.1) is 6.10 Å². The Bertz CT molecular complexity index is 399. The van der Waals surface area contributed by atoms with Gasteiger partial charge in [-0.05, 0) is 49.8 Å². The van der Waals surface area contributed by atoms with Crippen molar-refractivity contribution in [2.75, 3.05) is 19.6 Å². The first-order chi connectivity index (χ1) is 10.1. The number of likely N-dealkylation sites (tertiary alicyclic amines) is 1. The minimum absolute atomic E-state index is 0.185. The average molecular weight is 290 g/mol. The number of aliphatic hydroxyl groups is 1. The molecule has 0 spiro atoms. The fourth-order valence-corrected chi connectivity index (χ4v) is 3.22. The van der Waals surface area contributed by atoms with Crippen molar-refractivity contribution in [2.45, 2.75) is 45.3 Å². The molecule has 1 aromatic carbocycles. The average Bonchev–Trinajstić information content (AvgIpc) is 2.48. The molecule has 1 aliphatic heterocycles. The van der Waals surface area contributed by atoms with Crippen molar-refractivity contribution in [3.05, 3.63) is 35.9 Å². The lowest BCUT2D eigenvalue weighted by molar-refractivity contribution is 0.0669. The number of piperidine rings is 1. The van der Waals surface area contributed by atoms with E-state index in [-0.39, 0.29) is 6.04 Å². The van der Waals surface area contributed by atoms with E-state index in [2.05, 4.69) is 30.9 Å². The van der Waals surface area contributed by atoms with E-state index < -0.39 is 6.10 Å². The minimum Gasteiger partial charge on any atom is -0.390 e. The van der Waals surface area contributed by atoms with Crippen LogP contribution in [0, 0.1) is 11.8 Å². The molecule has 1 aromatic rings. The Morgan fingerprint density at radius 2 is 1.81 bits per heavy atom. The monoisotopic (exact) mass is 290 g/mol. The van der Waals surface area contributed by atoms with Crippen LogP contribution >= 0.6 is 0 Å². The molecule has 0 aliphatic carbocycles. The molecule has 1 heterocycles. The van der Waals surface area contributed by atoms with E-state index >= 15 is 0 Å². The molecule has 118 valence electrons. The van der Waals surface area contributed by atoms with Crippen molar-refractivity contribution < 1.29 is 5.11 Å². The third kappa shape index (κ3) is 5.10. The minimum atomic E-state index is -0.444. The first-order valence-corrected chi connectivity index (χ1v) is 8.26. The number of hydrogen-bond acceptors (Lipinski definition) is 3. The Hall–Kier alpha value is -0.900. The summed E-state index contributed by atoms with van der Waals surface area (Å²) >= 11 is 0. The number of benzene rings is 1. The highest BCUT2D eigenvalue weighted by Gasteiger charge is 2.24. The second-order valence-corrected chi connectivity index (χ2v) is 6.80. The van der Waals surface area contributed by atoms with E-state index in [4.69, 9.17) is 5.73 Å². The van der Waals surface area contributed by atoms with E-state index in [1.807, 2.05) is 18.2 Å². The number of hydrogen-bond donors (Lipinski definition) is 2. The lowest BCUT2D eigenvalue weighted by Gasteiger charge is -2.35. The van der Waals surface area contributed by atoms with Gasteiger partial charge in [0.15, 0.2) is 0 Å². The summed E-state index contributed by atoms with van der Waals surface area (Å²) in [6.45, 7) is 7.52. The van der Waals surface area contributed by atoms with Crippen LogP contribution in [0.1, 0.15) is 32.3 Å². The zero-order valence-electron chi connectivity index (χ0n) is 13.4. The summed E-state index contributed by atoms with van der Waals surface area (Å²) in [7, 11) is 0. The second kappa shape index (κ2) is 7.92. The van der Waals surface area contributed by atoms with Gasteiger partial charge in [-0.1, -0.05) is 44.2 Å². The molecule has 1 fully saturated rings. The number of rotatable bonds is 6. The molecule has 3 heteroatoms. The molecule has 2 atom stereocenters. The molecule has 1 saturated heterocycles. The summed E-state index contributed by atoms with van der Waals surface area (Å²) in [4.78, 5) is 2.37. The third-order valence-corrected chi connectivity index (χ3v) is 4.83. The van der Waals surface area contributed by atoms with E-state index in [1.54, 1.807) is 0 Å². The number of nitrogens with zero attached hydrogens (tertiary/aromatic N) is 1. The second-order valence-electron chi connectivity index (χ2n) is 6.80. The lowest BCUT2D eigenvalue weighted by atomic mass is 9.86. The molecule has 3 nitrogen and oxygen atoms in total. The van der Waals surface area contributed by atoms with Gasteiger partial charge in [-0.15, -0.1) is 0 Å². The van der Waals surface area contributed by atoms with Crippen LogP contribution < -0.4 is 5.73 Å². The summed E-state index contributed by atoms with van der Waals surface area (Å²) in [5, 5.41) is 10.3. The summed E-state index contributed by atoms with van der Waals surface area (Å²) in [6, 6.07) is 10.00. The van der Waals surface area contributed by atoms with E-state index in [1.165, 1.54) is 18.4 Å². The highest BCUT2D eigenvalue weighted by molar-refractivity contribution is 5.16.